The van der Waals surface area contributed by atoms with Crippen LogP contribution in [0, 0.1) is 0 Å². The molecule has 1 saturated heterocycles. The van der Waals surface area contributed by atoms with Crippen LogP contribution in [0.25, 0.3) is 0 Å². The SMILES string of the molecule is CCOc1ccccc1NC(=O)[C@@H](c1ccccc1)[NH+]1CC[NH+](CC)CC1. The van der Waals surface area contributed by atoms with Crippen LogP contribution in [-0.2, 0) is 4.79 Å². The van der Waals surface area contributed by atoms with E-state index in [4.69, 9.17) is 4.74 Å². The molecule has 0 spiro atoms. The van der Waals surface area contributed by atoms with Gasteiger partial charge in [-0.15, -0.1) is 0 Å². The van der Waals surface area contributed by atoms with Crippen molar-refractivity contribution in [3.8, 4) is 5.75 Å². The maximum absolute atomic E-state index is 13.3. The second kappa shape index (κ2) is 9.53. The summed E-state index contributed by atoms with van der Waals surface area (Å²) in [7, 11) is 0. The van der Waals surface area contributed by atoms with Crippen molar-refractivity contribution in [2.24, 2.45) is 0 Å². The zero-order chi connectivity index (χ0) is 19.1. The number of likely N-dealkylation sites (N-methyl/N-ethyl adjacent to an activating group) is 1. The van der Waals surface area contributed by atoms with E-state index in [0.717, 1.165) is 49.7 Å². The largest absolute Gasteiger partial charge is 0.492 e. The van der Waals surface area contributed by atoms with Gasteiger partial charge in [-0.3, -0.25) is 4.79 Å². The summed E-state index contributed by atoms with van der Waals surface area (Å²) in [4.78, 5) is 16.3. The molecule has 2 aromatic carbocycles. The van der Waals surface area contributed by atoms with Gasteiger partial charge in [-0.1, -0.05) is 42.5 Å². The van der Waals surface area contributed by atoms with Crippen molar-refractivity contribution in [2.45, 2.75) is 19.9 Å². The van der Waals surface area contributed by atoms with Gasteiger partial charge >= 0.3 is 0 Å². The number of rotatable bonds is 7. The molecule has 0 saturated carbocycles. The van der Waals surface area contributed by atoms with E-state index >= 15 is 0 Å². The van der Waals surface area contributed by atoms with Gasteiger partial charge in [0, 0.05) is 5.56 Å². The molecule has 0 aliphatic carbocycles. The summed E-state index contributed by atoms with van der Waals surface area (Å²) in [5.41, 5.74) is 1.81. The van der Waals surface area contributed by atoms with Gasteiger partial charge in [0.15, 0.2) is 6.04 Å². The Hall–Kier alpha value is -2.37. The normalized spacial score (nSPS) is 20.7. The summed E-state index contributed by atoms with van der Waals surface area (Å²) < 4.78 is 5.67. The Morgan fingerprint density at radius 1 is 1.00 bits per heavy atom. The number of benzene rings is 2. The first kappa shape index (κ1) is 19.4. The van der Waals surface area contributed by atoms with Crippen LogP contribution in [0.3, 0.4) is 0 Å². The monoisotopic (exact) mass is 369 g/mol. The van der Waals surface area contributed by atoms with Crippen LogP contribution in [0.4, 0.5) is 5.69 Å². The lowest BCUT2D eigenvalue weighted by Crippen LogP contribution is -3.28. The Morgan fingerprint density at radius 3 is 2.33 bits per heavy atom. The first-order chi connectivity index (χ1) is 13.2. The molecule has 0 unspecified atom stereocenters. The lowest BCUT2D eigenvalue weighted by molar-refractivity contribution is -1.02. The van der Waals surface area contributed by atoms with E-state index in [-0.39, 0.29) is 11.9 Å². The van der Waals surface area contributed by atoms with Gasteiger partial charge in [-0.25, -0.2) is 0 Å². The Bertz CT molecular complexity index is 727. The third kappa shape index (κ3) is 4.87. The van der Waals surface area contributed by atoms with Crippen molar-refractivity contribution in [3.63, 3.8) is 0 Å². The number of carbonyl (C=O) groups excluding carboxylic acids is 1. The van der Waals surface area contributed by atoms with Crippen molar-refractivity contribution >= 4 is 11.6 Å². The smallest absolute Gasteiger partial charge is 0.287 e. The van der Waals surface area contributed by atoms with E-state index in [9.17, 15) is 4.79 Å². The molecule has 0 bridgehead atoms. The van der Waals surface area contributed by atoms with Crippen LogP contribution >= 0.6 is 0 Å². The fourth-order valence-corrected chi connectivity index (χ4v) is 3.84. The van der Waals surface area contributed by atoms with E-state index in [2.05, 4.69) is 24.4 Å². The van der Waals surface area contributed by atoms with E-state index < -0.39 is 0 Å². The molecule has 1 aliphatic heterocycles. The van der Waals surface area contributed by atoms with Gasteiger partial charge in [0.1, 0.15) is 31.9 Å². The van der Waals surface area contributed by atoms with Crippen LogP contribution < -0.4 is 19.9 Å². The number of piperazine rings is 1. The molecule has 0 aromatic heterocycles. The maximum atomic E-state index is 13.3. The van der Waals surface area contributed by atoms with Crippen LogP contribution in [0.15, 0.2) is 54.6 Å². The molecule has 1 heterocycles. The quantitative estimate of drug-likeness (QED) is 0.668. The van der Waals surface area contributed by atoms with Gasteiger partial charge in [0.05, 0.1) is 18.8 Å². The van der Waals surface area contributed by atoms with E-state index in [1.807, 2.05) is 49.4 Å². The van der Waals surface area contributed by atoms with Crippen LogP contribution in [-0.4, -0.2) is 45.2 Å². The van der Waals surface area contributed by atoms with Gasteiger partial charge in [-0.2, -0.15) is 0 Å². The van der Waals surface area contributed by atoms with Gasteiger partial charge in [0.25, 0.3) is 5.91 Å². The number of para-hydroxylation sites is 2. The highest BCUT2D eigenvalue weighted by atomic mass is 16.5. The predicted molar refractivity (Wildman–Crippen MR) is 107 cm³/mol. The van der Waals surface area contributed by atoms with Crippen LogP contribution in [0.2, 0.25) is 0 Å². The molecule has 27 heavy (non-hydrogen) atoms. The highest BCUT2D eigenvalue weighted by molar-refractivity contribution is 5.95. The Labute approximate surface area is 161 Å². The average Bonchev–Trinajstić information content (AvgIpc) is 2.71. The molecular formula is C22H31N3O2+2. The highest BCUT2D eigenvalue weighted by Gasteiger charge is 2.35. The molecule has 1 amide bonds. The predicted octanol–water partition coefficient (Wildman–Crippen LogP) is 0.568. The van der Waals surface area contributed by atoms with Crippen LogP contribution in [0.1, 0.15) is 25.5 Å². The molecule has 3 N–H and O–H groups in total. The minimum Gasteiger partial charge on any atom is -0.492 e. The Morgan fingerprint density at radius 2 is 1.67 bits per heavy atom. The van der Waals surface area contributed by atoms with Crippen molar-refractivity contribution in [3.05, 3.63) is 60.2 Å². The molecular weight excluding hydrogens is 338 g/mol. The molecule has 5 nitrogen and oxygen atoms in total. The summed E-state index contributed by atoms with van der Waals surface area (Å²) in [5.74, 6) is 0.749. The summed E-state index contributed by atoms with van der Waals surface area (Å²) in [6.45, 7) is 10.1. The van der Waals surface area contributed by atoms with Crippen LogP contribution in [0.5, 0.6) is 5.75 Å². The number of hydrogen-bond acceptors (Lipinski definition) is 2. The maximum Gasteiger partial charge on any atom is 0.287 e. The minimum atomic E-state index is -0.209. The standard InChI is InChI=1S/C22H29N3O2/c1-3-24-14-16-25(17-15-24)21(18-10-6-5-7-11-18)22(26)23-19-12-8-9-13-20(19)27-4-2/h5-13,21H,3-4,14-17H2,1-2H3,(H,23,26)/p+2/t21-/m1/s1. The molecule has 1 fully saturated rings. The lowest BCUT2D eigenvalue weighted by Gasteiger charge is -2.33. The molecule has 1 aliphatic rings. The molecule has 144 valence electrons. The number of ether oxygens (including phenoxy) is 1. The highest BCUT2D eigenvalue weighted by Crippen LogP contribution is 2.25. The summed E-state index contributed by atoms with van der Waals surface area (Å²) in [5, 5.41) is 3.12. The zero-order valence-electron chi connectivity index (χ0n) is 16.3. The number of carbonyl (C=O) groups is 1. The van der Waals surface area contributed by atoms with Crippen molar-refractivity contribution in [2.75, 3.05) is 44.6 Å². The first-order valence-corrected chi connectivity index (χ1v) is 9.98. The van der Waals surface area contributed by atoms with Crippen molar-refractivity contribution in [1.29, 1.82) is 0 Å². The Balaban J connectivity index is 1.82. The lowest BCUT2D eigenvalue weighted by atomic mass is 10.0. The second-order valence-corrected chi connectivity index (χ2v) is 7.02. The van der Waals surface area contributed by atoms with Crippen molar-refractivity contribution < 1.29 is 19.3 Å². The third-order valence-corrected chi connectivity index (χ3v) is 5.35. The average molecular weight is 370 g/mol. The Kier molecular flexibility index (Phi) is 6.85. The number of quaternary nitrogens is 2. The van der Waals surface area contributed by atoms with Gasteiger partial charge in [-0.05, 0) is 26.0 Å². The second-order valence-electron chi connectivity index (χ2n) is 7.02. The number of anilines is 1. The summed E-state index contributed by atoms with van der Waals surface area (Å²) in [6.07, 6.45) is 0. The number of amides is 1. The molecule has 5 heteroatoms. The molecule has 3 rings (SSSR count). The third-order valence-electron chi connectivity index (χ3n) is 5.35. The minimum absolute atomic E-state index is 0.0308. The summed E-state index contributed by atoms with van der Waals surface area (Å²) >= 11 is 0. The van der Waals surface area contributed by atoms with Crippen molar-refractivity contribution in [1.82, 2.24) is 0 Å². The topological polar surface area (TPSA) is 47.2 Å². The van der Waals surface area contributed by atoms with Gasteiger partial charge in [0.2, 0.25) is 0 Å². The fraction of sp³-hybridized carbons (Fsp3) is 0.409. The zero-order valence-corrected chi connectivity index (χ0v) is 16.3. The first-order valence-electron chi connectivity index (χ1n) is 9.98. The molecule has 2 aromatic rings. The van der Waals surface area contributed by atoms with E-state index in [1.54, 1.807) is 4.90 Å². The molecule has 1 atom stereocenters. The van der Waals surface area contributed by atoms with E-state index in [0.29, 0.717) is 6.61 Å². The number of nitrogens with one attached hydrogen (secondary N) is 3. The molecule has 0 radical (unpaired) electrons. The summed E-state index contributed by atoms with van der Waals surface area (Å²) in [6, 6.07) is 17.6. The van der Waals surface area contributed by atoms with Gasteiger partial charge < -0.3 is 19.9 Å². The number of hydrogen-bond donors (Lipinski definition) is 3. The van der Waals surface area contributed by atoms with E-state index in [1.165, 1.54) is 4.90 Å². The fourth-order valence-electron chi connectivity index (χ4n) is 3.84.